The third kappa shape index (κ3) is 4.75. The van der Waals surface area contributed by atoms with E-state index >= 15 is 0 Å². The van der Waals surface area contributed by atoms with E-state index in [1.807, 2.05) is 11.0 Å². The number of hydrogen-bond donors (Lipinski definition) is 1. The molecule has 2 aromatic rings. The summed E-state index contributed by atoms with van der Waals surface area (Å²) >= 11 is 0. The minimum Gasteiger partial charge on any atom is -0.373 e. The van der Waals surface area contributed by atoms with Crippen LogP contribution >= 0.6 is 0 Å². The average molecular weight is 405 g/mol. The van der Waals surface area contributed by atoms with Gasteiger partial charge in [-0.25, -0.2) is 0 Å². The van der Waals surface area contributed by atoms with E-state index in [-0.39, 0.29) is 16.9 Å². The van der Waals surface area contributed by atoms with Crippen LogP contribution in [-0.2, 0) is 4.79 Å². The number of nitro groups is 1. The van der Waals surface area contributed by atoms with Gasteiger partial charge in [-0.1, -0.05) is 18.2 Å². The number of piperazine rings is 1. The summed E-state index contributed by atoms with van der Waals surface area (Å²) in [6.45, 7) is 7.14. The van der Waals surface area contributed by atoms with E-state index in [4.69, 9.17) is 0 Å². The number of carbonyl (C=O) groups is 1. The Hall–Kier alpha value is -3.86. The van der Waals surface area contributed by atoms with Crippen LogP contribution in [-0.4, -0.2) is 41.9 Å². The molecule has 154 valence electrons. The molecular weight excluding hydrogens is 382 g/mol. The van der Waals surface area contributed by atoms with Crippen LogP contribution in [0.1, 0.15) is 11.1 Å². The molecule has 1 aliphatic rings. The number of nitriles is 1. The molecule has 3 rings (SSSR count). The Morgan fingerprint density at radius 2 is 1.87 bits per heavy atom. The van der Waals surface area contributed by atoms with Gasteiger partial charge in [-0.3, -0.25) is 14.9 Å². The fourth-order valence-corrected chi connectivity index (χ4v) is 3.39. The van der Waals surface area contributed by atoms with E-state index in [2.05, 4.69) is 42.3 Å². The number of aryl methyl sites for hydroxylation is 1. The Morgan fingerprint density at radius 3 is 2.53 bits per heavy atom. The Labute approximate surface area is 175 Å². The first-order valence-corrected chi connectivity index (χ1v) is 9.62. The second-order valence-corrected chi connectivity index (χ2v) is 7.16. The van der Waals surface area contributed by atoms with E-state index in [0.717, 1.165) is 13.1 Å². The molecule has 1 N–H and O–H groups in total. The molecule has 0 unspecified atom stereocenters. The third-order valence-corrected chi connectivity index (χ3v) is 5.22. The molecular formula is C22H23N5O3. The summed E-state index contributed by atoms with van der Waals surface area (Å²) in [4.78, 5) is 27.1. The lowest BCUT2D eigenvalue weighted by atomic mass is 10.1. The molecule has 1 fully saturated rings. The molecule has 0 radical (unpaired) electrons. The molecule has 0 atom stereocenters. The van der Waals surface area contributed by atoms with Crippen LogP contribution in [0.2, 0.25) is 0 Å². The molecule has 1 aliphatic heterocycles. The van der Waals surface area contributed by atoms with Gasteiger partial charge in [-0.15, -0.1) is 0 Å². The molecule has 0 bridgehead atoms. The highest BCUT2D eigenvalue weighted by molar-refractivity contribution is 6.06. The Kier molecular flexibility index (Phi) is 6.32. The lowest BCUT2D eigenvalue weighted by Gasteiger charge is -2.36. The molecule has 1 heterocycles. The summed E-state index contributed by atoms with van der Waals surface area (Å²) in [5.74, 6) is -0.588. The van der Waals surface area contributed by atoms with Crippen LogP contribution in [0.15, 0.2) is 54.2 Å². The highest BCUT2D eigenvalue weighted by atomic mass is 16.6. The summed E-state index contributed by atoms with van der Waals surface area (Å²) in [5.41, 5.74) is 3.83. The van der Waals surface area contributed by atoms with Crippen molar-refractivity contribution < 1.29 is 9.72 Å². The van der Waals surface area contributed by atoms with Crippen molar-refractivity contribution >= 4 is 23.0 Å². The summed E-state index contributed by atoms with van der Waals surface area (Å²) in [7, 11) is 0. The predicted molar refractivity (Wildman–Crippen MR) is 115 cm³/mol. The van der Waals surface area contributed by atoms with Gasteiger partial charge in [0.15, 0.2) is 0 Å². The lowest BCUT2D eigenvalue weighted by molar-refractivity contribution is -0.384. The number of nitrogens with zero attached hydrogens (tertiary/aromatic N) is 4. The number of non-ortho nitro benzene ring substituents is 1. The van der Waals surface area contributed by atoms with Crippen molar-refractivity contribution in [3.8, 4) is 6.07 Å². The van der Waals surface area contributed by atoms with Gasteiger partial charge in [0.25, 0.3) is 11.6 Å². The molecule has 0 aromatic heterocycles. The van der Waals surface area contributed by atoms with E-state index in [9.17, 15) is 20.2 Å². The van der Waals surface area contributed by atoms with Gasteiger partial charge >= 0.3 is 0 Å². The van der Waals surface area contributed by atoms with Crippen LogP contribution in [0.25, 0.3) is 0 Å². The van der Waals surface area contributed by atoms with E-state index < -0.39 is 10.8 Å². The average Bonchev–Trinajstić information content (AvgIpc) is 2.74. The van der Waals surface area contributed by atoms with E-state index in [1.165, 1.54) is 35.0 Å². The molecule has 30 heavy (non-hydrogen) atoms. The molecule has 0 saturated carbocycles. The topological polar surface area (TPSA) is 103 Å². The van der Waals surface area contributed by atoms with Gasteiger partial charge < -0.3 is 15.1 Å². The Morgan fingerprint density at radius 1 is 1.17 bits per heavy atom. The first-order valence-electron chi connectivity index (χ1n) is 9.62. The van der Waals surface area contributed by atoms with Crippen molar-refractivity contribution in [1.82, 2.24) is 4.90 Å². The fraction of sp³-hybridized carbons (Fsp3) is 0.273. The zero-order valence-electron chi connectivity index (χ0n) is 17.0. The number of nitro benzene ring substituents is 1. The van der Waals surface area contributed by atoms with Crippen LogP contribution in [0, 0.1) is 35.3 Å². The first-order chi connectivity index (χ1) is 14.4. The molecule has 0 spiro atoms. The molecule has 8 nitrogen and oxygen atoms in total. The van der Waals surface area contributed by atoms with Gasteiger partial charge in [-0.05, 0) is 37.1 Å². The predicted octanol–water partition coefficient (Wildman–Crippen LogP) is 3.38. The molecule has 2 aromatic carbocycles. The van der Waals surface area contributed by atoms with Crippen molar-refractivity contribution in [2.45, 2.75) is 13.8 Å². The van der Waals surface area contributed by atoms with Crippen molar-refractivity contribution in [2.24, 2.45) is 0 Å². The maximum absolute atomic E-state index is 12.5. The normalized spacial score (nSPS) is 14.2. The quantitative estimate of drug-likeness (QED) is 0.354. The smallest absolute Gasteiger partial charge is 0.271 e. The van der Waals surface area contributed by atoms with Crippen LogP contribution < -0.4 is 10.2 Å². The van der Waals surface area contributed by atoms with Gasteiger partial charge in [0.2, 0.25) is 0 Å². The summed E-state index contributed by atoms with van der Waals surface area (Å²) < 4.78 is 0. The summed E-state index contributed by atoms with van der Waals surface area (Å²) in [6.07, 6.45) is 1.56. The molecule has 1 saturated heterocycles. The number of hydrogen-bond acceptors (Lipinski definition) is 6. The van der Waals surface area contributed by atoms with Gasteiger partial charge in [0.05, 0.1) is 4.92 Å². The number of rotatable bonds is 5. The van der Waals surface area contributed by atoms with Gasteiger partial charge in [-0.2, -0.15) is 5.26 Å². The number of carbonyl (C=O) groups excluding carboxylic acids is 1. The zero-order valence-corrected chi connectivity index (χ0v) is 17.0. The largest absolute Gasteiger partial charge is 0.373 e. The minimum atomic E-state index is -0.588. The lowest BCUT2D eigenvalue weighted by Crippen LogP contribution is -2.44. The van der Waals surface area contributed by atoms with Crippen LogP contribution in [0.3, 0.4) is 0 Å². The monoisotopic (exact) mass is 405 g/mol. The highest BCUT2D eigenvalue weighted by Crippen LogP contribution is 2.24. The zero-order chi connectivity index (χ0) is 21.7. The molecule has 8 heteroatoms. The number of benzene rings is 2. The highest BCUT2D eigenvalue weighted by Gasteiger charge is 2.19. The van der Waals surface area contributed by atoms with Crippen molar-refractivity contribution in [1.29, 1.82) is 5.26 Å². The van der Waals surface area contributed by atoms with Crippen molar-refractivity contribution in [3.63, 3.8) is 0 Å². The summed E-state index contributed by atoms with van der Waals surface area (Å²) in [5, 5.41) is 22.9. The van der Waals surface area contributed by atoms with Crippen LogP contribution in [0.5, 0.6) is 0 Å². The van der Waals surface area contributed by atoms with Gasteiger partial charge in [0, 0.05) is 55.9 Å². The number of anilines is 2. The standard InChI is InChI=1S/C22H23N5O3/c1-16-5-3-8-21(17(16)2)26-11-9-25(10-12-26)15-18(14-23)22(28)24-19-6-4-7-20(13-19)27(29)30/h3-8,13,15H,9-12H2,1-2H3,(H,24,28)/b18-15-. The SMILES string of the molecule is Cc1cccc(N2CCN(/C=C(/C#N)C(=O)Nc3cccc([N+](=O)[O-])c3)CC2)c1C. The third-order valence-electron chi connectivity index (χ3n) is 5.22. The van der Waals surface area contributed by atoms with Crippen molar-refractivity contribution in [2.75, 3.05) is 36.4 Å². The summed E-state index contributed by atoms with van der Waals surface area (Å²) in [6, 6.07) is 13.8. The number of nitrogens with one attached hydrogen (secondary N) is 1. The minimum absolute atomic E-state index is 0.0401. The van der Waals surface area contributed by atoms with Crippen LogP contribution in [0.4, 0.5) is 17.1 Å². The maximum Gasteiger partial charge on any atom is 0.271 e. The van der Waals surface area contributed by atoms with E-state index in [0.29, 0.717) is 13.1 Å². The first kappa shape index (κ1) is 20.9. The van der Waals surface area contributed by atoms with Crippen molar-refractivity contribution in [3.05, 3.63) is 75.5 Å². The fourth-order valence-electron chi connectivity index (χ4n) is 3.39. The second kappa shape index (κ2) is 9.09. The maximum atomic E-state index is 12.5. The Balaban J connectivity index is 1.65. The molecule has 0 aliphatic carbocycles. The Bertz CT molecular complexity index is 1030. The second-order valence-electron chi connectivity index (χ2n) is 7.16. The number of amides is 1. The van der Waals surface area contributed by atoms with E-state index in [1.54, 1.807) is 12.3 Å². The molecule has 1 amide bonds. The van der Waals surface area contributed by atoms with Gasteiger partial charge in [0.1, 0.15) is 11.6 Å².